The highest BCUT2D eigenvalue weighted by Crippen LogP contribution is 2.15. The van der Waals surface area contributed by atoms with Gasteiger partial charge in [0, 0.05) is 18.9 Å². The molecule has 1 heterocycles. The topological polar surface area (TPSA) is 85.1 Å². The van der Waals surface area contributed by atoms with Crippen molar-refractivity contribution < 1.29 is 4.74 Å². The molecular formula is C10H19N5O. The Morgan fingerprint density at radius 2 is 2.12 bits per heavy atom. The summed E-state index contributed by atoms with van der Waals surface area (Å²) in [6.07, 6.45) is 0. The lowest BCUT2D eigenvalue weighted by Crippen LogP contribution is -2.36. The SMILES string of the molecule is COCC(C)(C)Nc1cc(C)nc(NN)n1. The van der Waals surface area contributed by atoms with Crippen LogP contribution in [0.5, 0.6) is 0 Å². The normalized spacial score (nSPS) is 11.3. The first-order valence-corrected chi connectivity index (χ1v) is 5.06. The van der Waals surface area contributed by atoms with Crippen molar-refractivity contribution in [1.29, 1.82) is 0 Å². The summed E-state index contributed by atoms with van der Waals surface area (Å²) in [5, 5.41) is 3.26. The number of hydrazine groups is 1. The molecule has 0 saturated carbocycles. The molecule has 0 fully saturated rings. The van der Waals surface area contributed by atoms with Gasteiger partial charge in [-0.3, -0.25) is 5.43 Å². The van der Waals surface area contributed by atoms with Gasteiger partial charge in [-0.05, 0) is 20.8 Å². The van der Waals surface area contributed by atoms with Crippen LogP contribution in [0.2, 0.25) is 0 Å². The average Bonchev–Trinajstić information content (AvgIpc) is 2.15. The van der Waals surface area contributed by atoms with E-state index in [2.05, 4.69) is 20.7 Å². The molecule has 0 aliphatic carbocycles. The highest BCUT2D eigenvalue weighted by atomic mass is 16.5. The van der Waals surface area contributed by atoms with Gasteiger partial charge in [0.15, 0.2) is 0 Å². The Kier molecular flexibility index (Phi) is 4.03. The summed E-state index contributed by atoms with van der Waals surface area (Å²) in [6.45, 7) is 6.53. The standard InChI is InChI=1S/C10H19N5O/c1-7-5-8(13-9(12-7)15-11)14-10(2,3)6-16-4/h5H,6,11H2,1-4H3,(H2,12,13,14,15). The third-order valence-electron chi connectivity index (χ3n) is 1.95. The molecule has 0 aromatic carbocycles. The summed E-state index contributed by atoms with van der Waals surface area (Å²) < 4.78 is 5.12. The molecule has 0 atom stereocenters. The molecule has 0 saturated heterocycles. The van der Waals surface area contributed by atoms with Gasteiger partial charge in [-0.1, -0.05) is 0 Å². The van der Waals surface area contributed by atoms with E-state index >= 15 is 0 Å². The van der Waals surface area contributed by atoms with Crippen LogP contribution in [0, 0.1) is 6.92 Å². The van der Waals surface area contributed by atoms with Crippen LogP contribution in [0.1, 0.15) is 19.5 Å². The fraction of sp³-hybridized carbons (Fsp3) is 0.600. The van der Waals surface area contributed by atoms with Gasteiger partial charge in [-0.25, -0.2) is 10.8 Å². The molecule has 16 heavy (non-hydrogen) atoms. The second-order valence-corrected chi connectivity index (χ2v) is 4.30. The summed E-state index contributed by atoms with van der Waals surface area (Å²) in [5.41, 5.74) is 3.09. The summed E-state index contributed by atoms with van der Waals surface area (Å²) in [4.78, 5) is 8.32. The number of nitrogens with two attached hydrogens (primary N) is 1. The largest absolute Gasteiger partial charge is 0.382 e. The molecule has 1 aromatic heterocycles. The van der Waals surface area contributed by atoms with Crippen LogP contribution in [0.25, 0.3) is 0 Å². The molecular weight excluding hydrogens is 206 g/mol. The highest BCUT2D eigenvalue weighted by molar-refractivity contribution is 5.43. The number of aromatic nitrogens is 2. The first kappa shape index (κ1) is 12.7. The molecule has 1 rings (SSSR count). The third-order valence-corrected chi connectivity index (χ3v) is 1.95. The first-order chi connectivity index (χ1) is 7.46. The van der Waals surface area contributed by atoms with E-state index in [4.69, 9.17) is 10.6 Å². The minimum atomic E-state index is -0.193. The van der Waals surface area contributed by atoms with Gasteiger partial charge in [-0.2, -0.15) is 4.98 Å². The van der Waals surface area contributed by atoms with Crippen LogP contribution in [-0.4, -0.2) is 29.2 Å². The molecule has 90 valence electrons. The minimum absolute atomic E-state index is 0.193. The van der Waals surface area contributed by atoms with E-state index in [1.165, 1.54) is 0 Å². The van der Waals surface area contributed by atoms with Crippen LogP contribution in [0.15, 0.2) is 6.07 Å². The molecule has 6 heteroatoms. The van der Waals surface area contributed by atoms with Crippen molar-refractivity contribution in [3.63, 3.8) is 0 Å². The molecule has 4 N–H and O–H groups in total. The van der Waals surface area contributed by atoms with Gasteiger partial charge in [0.1, 0.15) is 5.82 Å². The number of ether oxygens (including phenoxy) is 1. The third kappa shape index (κ3) is 3.63. The van der Waals surface area contributed by atoms with E-state index < -0.39 is 0 Å². The number of methoxy groups -OCH3 is 1. The summed E-state index contributed by atoms with van der Waals surface area (Å²) in [5.74, 6) is 6.41. The molecule has 6 nitrogen and oxygen atoms in total. The van der Waals surface area contributed by atoms with Gasteiger partial charge >= 0.3 is 0 Å². The van der Waals surface area contributed by atoms with Gasteiger partial charge in [0.25, 0.3) is 0 Å². The summed E-state index contributed by atoms with van der Waals surface area (Å²) in [7, 11) is 1.67. The van der Waals surface area contributed by atoms with E-state index in [0.717, 1.165) is 11.5 Å². The zero-order valence-corrected chi connectivity index (χ0v) is 10.2. The molecule has 0 aliphatic heterocycles. The predicted molar refractivity (Wildman–Crippen MR) is 64.2 cm³/mol. The predicted octanol–water partition coefficient (Wildman–Crippen LogP) is 0.908. The zero-order chi connectivity index (χ0) is 12.2. The lowest BCUT2D eigenvalue weighted by molar-refractivity contribution is 0.158. The van der Waals surface area contributed by atoms with Crippen LogP contribution >= 0.6 is 0 Å². The van der Waals surface area contributed by atoms with Crippen molar-refractivity contribution >= 4 is 11.8 Å². The number of anilines is 2. The van der Waals surface area contributed by atoms with Crippen LogP contribution in [0.3, 0.4) is 0 Å². The maximum Gasteiger partial charge on any atom is 0.239 e. The van der Waals surface area contributed by atoms with Crippen LogP contribution in [0.4, 0.5) is 11.8 Å². The van der Waals surface area contributed by atoms with Crippen LogP contribution < -0.4 is 16.6 Å². The number of hydrogen-bond donors (Lipinski definition) is 3. The van der Waals surface area contributed by atoms with Gasteiger partial charge in [0.05, 0.1) is 12.1 Å². The summed E-state index contributed by atoms with van der Waals surface area (Å²) in [6, 6.07) is 1.86. The van der Waals surface area contributed by atoms with Crippen LogP contribution in [-0.2, 0) is 4.74 Å². The molecule has 0 aliphatic rings. The first-order valence-electron chi connectivity index (χ1n) is 5.06. The minimum Gasteiger partial charge on any atom is -0.382 e. The number of rotatable bonds is 5. The number of nitrogens with zero attached hydrogens (tertiary/aromatic N) is 2. The molecule has 0 spiro atoms. The van der Waals surface area contributed by atoms with E-state index in [9.17, 15) is 0 Å². The van der Waals surface area contributed by atoms with Crippen molar-refractivity contribution in [2.75, 3.05) is 24.5 Å². The Hall–Kier alpha value is -1.40. The number of nitrogen functional groups attached to an aromatic ring is 1. The van der Waals surface area contributed by atoms with Crippen molar-refractivity contribution in [2.24, 2.45) is 5.84 Å². The monoisotopic (exact) mass is 225 g/mol. The summed E-state index contributed by atoms with van der Waals surface area (Å²) >= 11 is 0. The maximum atomic E-state index is 5.28. The van der Waals surface area contributed by atoms with E-state index in [1.807, 2.05) is 26.8 Å². The fourth-order valence-corrected chi connectivity index (χ4v) is 1.44. The Morgan fingerprint density at radius 1 is 1.44 bits per heavy atom. The lowest BCUT2D eigenvalue weighted by atomic mass is 10.1. The van der Waals surface area contributed by atoms with E-state index in [1.54, 1.807) is 7.11 Å². The lowest BCUT2D eigenvalue weighted by Gasteiger charge is -2.26. The quantitative estimate of drug-likeness (QED) is 0.510. The fourth-order valence-electron chi connectivity index (χ4n) is 1.44. The maximum absolute atomic E-state index is 5.28. The average molecular weight is 225 g/mol. The number of aryl methyl sites for hydroxylation is 1. The van der Waals surface area contributed by atoms with Gasteiger partial charge in [0.2, 0.25) is 5.95 Å². The molecule has 0 radical (unpaired) electrons. The van der Waals surface area contributed by atoms with Gasteiger partial charge in [-0.15, -0.1) is 0 Å². The number of nitrogens with one attached hydrogen (secondary N) is 2. The number of hydrogen-bond acceptors (Lipinski definition) is 6. The second kappa shape index (κ2) is 5.09. The van der Waals surface area contributed by atoms with Crippen molar-refractivity contribution in [3.05, 3.63) is 11.8 Å². The molecule has 0 unspecified atom stereocenters. The second-order valence-electron chi connectivity index (χ2n) is 4.30. The Balaban J connectivity index is 2.84. The highest BCUT2D eigenvalue weighted by Gasteiger charge is 2.18. The van der Waals surface area contributed by atoms with Gasteiger partial charge < -0.3 is 10.1 Å². The van der Waals surface area contributed by atoms with E-state index in [-0.39, 0.29) is 5.54 Å². The van der Waals surface area contributed by atoms with Crippen molar-refractivity contribution in [2.45, 2.75) is 26.3 Å². The van der Waals surface area contributed by atoms with E-state index in [0.29, 0.717) is 12.6 Å². The molecule has 0 bridgehead atoms. The Labute approximate surface area is 95.6 Å². The Bertz CT molecular complexity index is 353. The molecule has 1 aromatic rings. The Morgan fingerprint density at radius 3 is 2.69 bits per heavy atom. The smallest absolute Gasteiger partial charge is 0.239 e. The zero-order valence-electron chi connectivity index (χ0n) is 10.2. The van der Waals surface area contributed by atoms with Crippen molar-refractivity contribution in [1.82, 2.24) is 9.97 Å². The molecule has 0 amide bonds. The van der Waals surface area contributed by atoms with Crippen molar-refractivity contribution in [3.8, 4) is 0 Å².